The summed E-state index contributed by atoms with van der Waals surface area (Å²) >= 11 is 0. The topological polar surface area (TPSA) is 76.0 Å². The number of methoxy groups -OCH3 is 2. The number of fused-ring (bicyclic) bond motifs is 1. The number of rotatable bonds is 7. The third-order valence-corrected chi connectivity index (χ3v) is 6.98. The van der Waals surface area contributed by atoms with Crippen LogP contribution in [0, 0.1) is 0 Å². The second-order valence-electron chi connectivity index (χ2n) is 9.37. The van der Waals surface area contributed by atoms with Gasteiger partial charge in [-0.2, -0.15) is 5.10 Å². The van der Waals surface area contributed by atoms with Crippen LogP contribution in [0.25, 0.3) is 22.2 Å². The largest absolute Gasteiger partial charge is 0.497 e. The number of aromatic nitrogens is 1. The summed E-state index contributed by atoms with van der Waals surface area (Å²) < 4.78 is 10.9. The molecule has 7 nitrogen and oxygen atoms in total. The van der Waals surface area contributed by atoms with Crippen LogP contribution < -0.4 is 19.8 Å². The second-order valence-corrected chi connectivity index (χ2v) is 9.37. The molecule has 1 amide bonds. The lowest BCUT2D eigenvalue weighted by Crippen LogP contribution is -2.29. The van der Waals surface area contributed by atoms with Crippen LogP contribution in [0.1, 0.15) is 42.1 Å². The number of hydrogen-bond donors (Lipinski definition) is 1. The fourth-order valence-electron chi connectivity index (χ4n) is 4.84. The highest BCUT2D eigenvalue weighted by Crippen LogP contribution is 2.34. The van der Waals surface area contributed by atoms with Crippen molar-refractivity contribution in [2.45, 2.75) is 26.2 Å². The van der Waals surface area contributed by atoms with E-state index in [1.54, 1.807) is 26.4 Å². The van der Waals surface area contributed by atoms with Gasteiger partial charge in [0.25, 0.3) is 5.91 Å². The highest BCUT2D eigenvalue weighted by molar-refractivity contribution is 6.08. The molecule has 0 bridgehead atoms. The van der Waals surface area contributed by atoms with Gasteiger partial charge in [-0.3, -0.25) is 4.79 Å². The van der Waals surface area contributed by atoms with Gasteiger partial charge < -0.3 is 14.4 Å². The number of carbonyl (C=O) groups excluding carboxylic acids is 1. The van der Waals surface area contributed by atoms with Gasteiger partial charge in [-0.1, -0.05) is 30.3 Å². The Balaban J connectivity index is 1.41. The van der Waals surface area contributed by atoms with Crippen LogP contribution in [-0.4, -0.2) is 43.9 Å². The molecule has 3 aromatic carbocycles. The van der Waals surface area contributed by atoms with E-state index in [0.717, 1.165) is 35.3 Å². The molecule has 0 saturated carbocycles. The molecule has 1 aliphatic rings. The summed E-state index contributed by atoms with van der Waals surface area (Å²) in [7, 11) is 3.21. The monoisotopic (exact) mass is 508 g/mol. The molecule has 4 aromatic rings. The number of nitrogens with zero attached hydrogens (tertiary/aromatic N) is 3. The van der Waals surface area contributed by atoms with Crippen molar-refractivity contribution in [3.05, 3.63) is 83.9 Å². The second kappa shape index (κ2) is 11.3. The summed E-state index contributed by atoms with van der Waals surface area (Å²) in [5.74, 6) is 0.986. The van der Waals surface area contributed by atoms with Crippen molar-refractivity contribution >= 4 is 28.2 Å². The van der Waals surface area contributed by atoms with Crippen molar-refractivity contribution in [1.29, 1.82) is 0 Å². The average Bonchev–Trinajstić information content (AvgIpc) is 2.99. The zero-order valence-electron chi connectivity index (χ0n) is 22.0. The molecule has 0 spiro atoms. The lowest BCUT2D eigenvalue weighted by atomic mass is 10.0. The third kappa shape index (κ3) is 5.32. The van der Waals surface area contributed by atoms with E-state index in [2.05, 4.69) is 39.7 Å². The Bertz CT molecular complexity index is 1470. The highest BCUT2D eigenvalue weighted by atomic mass is 16.5. The van der Waals surface area contributed by atoms with Crippen LogP contribution in [0.5, 0.6) is 11.5 Å². The third-order valence-electron chi connectivity index (χ3n) is 6.98. The SMILES string of the molecule is COc1ccc(-c2cc(C(=O)NN=C(C)c3ccc(N4CCCCC4)cc3)c3ccccc3n2)c(OC)c1. The highest BCUT2D eigenvalue weighted by Gasteiger charge is 2.17. The van der Waals surface area contributed by atoms with Crippen LogP contribution in [0.3, 0.4) is 0 Å². The lowest BCUT2D eigenvalue weighted by molar-refractivity contribution is 0.0956. The Morgan fingerprint density at radius 2 is 1.68 bits per heavy atom. The lowest BCUT2D eigenvalue weighted by Gasteiger charge is -2.28. The number of para-hydroxylation sites is 1. The van der Waals surface area contributed by atoms with E-state index in [1.165, 1.54) is 24.9 Å². The molecule has 2 heterocycles. The van der Waals surface area contributed by atoms with E-state index in [0.29, 0.717) is 28.3 Å². The number of amides is 1. The van der Waals surface area contributed by atoms with E-state index in [1.807, 2.05) is 43.3 Å². The molecule has 1 saturated heterocycles. The van der Waals surface area contributed by atoms with E-state index in [9.17, 15) is 4.79 Å². The van der Waals surface area contributed by atoms with Crippen molar-refractivity contribution < 1.29 is 14.3 Å². The van der Waals surface area contributed by atoms with E-state index < -0.39 is 0 Å². The maximum Gasteiger partial charge on any atom is 0.272 e. The fourth-order valence-corrected chi connectivity index (χ4v) is 4.84. The maximum atomic E-state index is 13.4. The van der Waals surface area contributed by atoms with Gasteiger partial charge in [-0.25, -0.2) is 10.4 Å². The summed E-state index contributed by atoms with van der Waals surface area (Å²) in [6.07, 6.45) is 3.79. The molecule has 0 atom stereocenters. The molecule has 0 unspecified atom stereocenters. The van der Waals surface area contributed by atoms with E-state index in [4.69, 9.17) is 14.5 Å². The molecule has 0 aliphatic carbocycles. The quantitative estimate of drug-likeness (QED) is 0.242. The molecule has 0 radical (unpaired) electrons. The normalized spacial score (nSPS) is 13.9. The molecule has 5 rings (SSSR count). The van der Waals surface area contributed by atoms with Crippen molar-refractivity contribution in [2.24, 2.45) is 5.10 Å². The summed E-state index contributed by atoms with van der Waals surface area (Å²) in [5.41, 5.74) is 8.28. The minimum Gasteiger partial charge on any atom is -0.497 e. The number of benzene rings is 3. The molecule has 194 valence electrons. The molecule has 7 heteroatoms. The summed E-state index contributed by atoms with van der Waals surface area (Å²) in [5, 5.41) is 5.17. The minimum absolute atomic E-state index is 0.304. The zero-order valence-corrected chi connectivity index (χ0v) is 22.0. The summed E-state index contributed by atoms with van der Waals surface area (Å²) in [4.78, 5) is 20.6. The Labute approximate surface area is 223 Å². The first-order valence-corrected chi connectivity index (χ1v) is 12.9. The molecule has 1 fully saturated rings. The maximum absolute atomic E-state index is 13.4. The molecular weight excluding hydrogens is 476 g/mol. The summed E-state index contributed by atoms with van der Waals surface area (Å²) in [6, 6.07) is 23.3. The van der Waals surface area contributed by atoms with Gasteiger partial charge in [0, 0.05) is 35.8 Å². The van der Waals surface area contributed by atoms with Gasteiger partial charge in [0.15, 0.2) is 0 Å². The Morgan fingerprint density at radius 3 is 2.42 bits per heavy atom. The van der Waals surface area contributed by atoms with Crippen molar-refractivity contribution in [2.75, 3.05) is 32.2 Å². The van der Waals surface area contributed by atoms with E-state index >= 15 is 0 Å². The Kier molecular flexibility index (Phi) is 7.54. The summed E-state index contributed by atoms with van der Waals surface area (Å²) in [6.45, 7) is 4.11. The van der Waals surface area contributed by atoms with Crippen LogP contribution in [0.4, 0.5) is 5.69 Å². The van der Waals surface area contributed by atoms with Gasteiger partial charge in [0.1, 0.15) is 11.5 Å². The number of carbonyl (C=O) groups is 1. The zero-order chi connectivity index (χ0) is 26.5. The number of pyridine rings is 1. The number of hydrazone groups is 1. The standard InChI is InChI=1S/C31H32N4O3/c1-21(22-11-13-23(14-12-22)35-17-7-4-8-18-35)33-34-31(36)27-20-29(32-28-10-6-5-9-25(27)28)26-16-15-24(37-2)19-30(26)38-3/h5-6,9-16,19-20H,4,7-8,17-18H2,1-3H3,(H,34,36). The van der Waals surface area contributed by atoms with Crippen LogP contribution in [-0.2, 0) is 0 Å². The number of hydrogen-bond acceptors (Lipinski definition) is 6. The van der Waals surface area contributed by atoms with E-state index in [-0.39, 0.29) is 5.91 Å². The van der Waals surface area contributed by atoms with Gasteiger partial charge >= 0.3 is 0 Å². The van der Waals surface area contributed by atoms with Crippen LogP contribution in [0.15, 0.2) is 77.9 Å². The van der Waals surface area contributed by atoms with Gasteiger partial charge in [0.2, 0.25) is 0 Å². The Hall–Kier alpha value is -4.39. The predicted molar refractivity (Wildman–Crippen MR) is 152 cm³/mol. The molecule has 1 aromatic heterocycles. The fraction of sp³-hybridized carbons (Fsp3) is 0.258. The molecule has 38 heavy (non-hydrogen) atoms. The predicted octanol–water partition coefficient (Wildman–Crippen LogP) is 6.06. The van der Waals surface area contributed by atoms with Crippen LogP contribution in [0.2, 0.25) is 0 Å². The van der Waals surface area contributed by atoms with Gasteiger partial charge in [-0.05, 0) is 68.1 Å². The van der Waals surface area contributed by atoms with Crippen molar-refractivity contribution in [3.8, 4) is 22.8 Å². The Morgan fingerprint density at radius 1 is 0.921 bits per heavy atom. The number of ether oxygens (including phenoxy) is 2. The molecule has 1 aliphatic heterocycles. The van der Waals surface area contributed by atoms with Crippen LogP contribution >= 0.6 is 0 Å². The average molecular weight is 509 g/mol. The first-order chi connectivity index (χ1) is 18.6. The number of piperidine rings is 1. The van der Waals surface area contributed by atoms with Gasteiger partial charge in [0.05, 0.1) is 36.7 Å². The first kappa shape index (κ1) is 25.3. The molecular formula is C31H32N4O3. The molecule has 1 N–H and O–H groups in total. The number of nitrogens with one attached hydrogen (secondary N) is 1. The van der Waals surface area contributed by atoms with Gasteiger partial charge in [-0.15, -0.1) is 0 Å². The van der Waals surface area contributed by atoms with Crippen molar-refractivity contribution in [1.82, 2.24) is 10.4 Å². The first-order valence-electron chi connectivity index (χ1n) is 12.9. The van der Waals surface area contributed by atoms with Crippen molar-refractivity contribution in [3.63, 3.8) is 0 Å². The number of anilines is 1. The minimum atomic E-state index is -0.304. The smallest absolute Gasteiger partial charge is 0.272 e.